The molecule has 0 saturated heterocycles. The summed E-state index contributed by atoms with van der Waals surface area (Å²) in [7, 11) is 0. The van der Waals surface area contributed by atoms with E-state index in [1.165, 1.54) is 0 Å². The number of ketones is 1. The van der Waals surface area contributed by atoms with E-state index in [2.05, 4.69) is 0 Å². The second kappa shape index (κ2) is 8.05. The zero-order valence-electron chi connectivity index (χ0n) is 11.9. The molecule has 110 valence electrons. The summed E-state index contributed by atoms with van der Waals surface area (Å²) in [5.41, 5.74) is 0.912. The van der Waals surface area contributed by atoms with Gasteiger partial charge in [-0.3, -0.25) is 9.59 Å². The molecule has 0 fully saturated rings. The Kier molecular flexibility index (Phi) is 6.73. The molecule has 4 heteroatoms. The summed E-state index contributed by atoms with van der Waals surface area (Å²) < 4.78 is 0. The van der Waals surface area contributed by atoms with Crippen molar-refractivity contribution < 1.29 is 14.7 Å². The van der Waals surface area contributed by atoms with Gasteiger partial charge < -0.3 is 5.11 Å². The number of carbonyl (C=O) groups excluding carboxylic acids is 1. The van der Waals surface area contributed by atoms with Gasteiger partial charge in [-0.2, -0.15) is 0 Å². The van der Waals surface area contributed by atoms with Crippen LogP contribution in [0.4, 0.5) is 0 Å². The maximum absolute atomic E-state index is 11.9. The molecular weight excluding hydrogens is 276 g/mol. The molecule has 1 N–H and O–H groups in total. The summed E-state index contributed by atoms with van der Waals surface area (Å²) in [6.45, 7) is 3.98. The van der Waals surface area contributed by atoms with Gasteiger partial charge in [-0.1, -0.05) is 37.6 Å². The summed E-state index contributed by atoms with van der Waals surface area (Å²) in [5.74, 6) is -0.841. The fourth-order valence-electron chi connectivity index (χ4n) is 2.16. The number of carboxylic acids is 1. The standard InChI is InChI=1S/C16H21ClO3/c1-11(2)9-13(16(19)20)5-8-15(18)10-12-3-6-14(17)7-4-12/h3-4,6-7,11,13H,5,8-10H2,1-2H3,(H,19,20). The topological polar surface area (TPSA) is 54.4 Å². The van der Waals surface area contributed by atoms with Crippen LogP contribution in [0.1, 0.15) is 38.7 Å². The highest BCUT2D eigenvalue weighted by Gasteiger charge is 2.19. The first-order valence-electron chi connectivity index (χ1n) is 6.87. The largest absolute Gasteiger partial charge is 0.481 e. The average molecular weight is 297 g/mol. The zero-order valence-corrected chi connectivity index (χ0v) is 12.7. The van der Waals surface area contributed by atoms with Crippen molar-refractivity contribution in [2.24, 2.45) is 11.8 Å². The first kappa shape index (κ1) is 16.7. The number of carbonyl (C=O) groups is 2. The lowest BCUT2D eigenvalue weighted by Gasteiger charge is -2.14. The molecule has 1 rings (SSSR count). The van der Waals surface area contributed by atoms with E-state index in [9.17, 15) is 9.59 Å². The quantitative estimate of drug-likeness (QED) is 0.789. The molecule has 1 aromatic rings. The van der Waals surface area contributed by atoms with Crippen LogP contribution in [-0.2, 0) is 16.0 Å². The highest BCUT2D eigenvalue weighted by molar-refractivity contribution is 6.30. The fourth-order valence-corrected chi connectivity index (χ4v) is 2.29. The number of benzene rings is 1. The van der Waals surface area contributed by atoms with Crippen molar-refractivity contribution in [3.8, 4) is 0 Å². The lowest BCUT2D eigenvalue weighted by molar-refractivity contribution is -0.142. The van der Waals surface area contributed by atoms with E-state index in [4.69, 9.17) is 16.7 Å². The van der Waals surface area contributed by atoms with E-state index < -0.39 is 11.9 Å². The molecule has 0 bridgehead atoms. The Bertz CT molecular complexity index is 451. The maximum Gasteiger partial charge on any atom is 0.306 e. The molecule has 0 radical (unpaired) electrons. The molecule has 0 aromatic heterocycles. The van der Waals surface area contributed by atoms with Crippen LogP contribution in [0.15, 0.2) is 24.3 Å². The third-order valence-electron chi connectivity index (χ3n) is 3.19. The molecule has 1 atom stereocenters. The van der Waals surface area contributed by atoms with Crippen molar-refractivity contribution in [2.45, 2.75) is 39.5 Å². The summed E-state index contributed by atoms with van der Waals surface area (Å²) in [6, 6.07) is 7.15. The number of Topliss-reactive ketones (excluding diaryl/α,β-unsaturated/α-hetero) is 1. The van der Waals surface area contributed by atoms with E-state index in [1.54, 1.807) is 12.1 Å². The molecular formula is C16H21ClO3. The third-order valence-corrected chi connectivity index (χ3v) is 3.44. The second-order valence-electron chi connectivity index (χ2n) is 5.55. The molecule has 0 aliphatic rings. The number of hydrogen-bond acceptors (Lipinski definition) is 2. The van der Waals surface area contributed by atoms with Crippen LogP contribution in [0.3, 0.4) is 0 Å². The Balaban J connectivity index is 2.45. The number of rotatable bonds is 8. The van der Waals surface area contributed by atoms with E-state index in [1.807, 2.05) is 26.0 Å². The van der Waals surface area contributed by atoms with Gasteiger partial charge in [0.2, 0.25) is 0 Å². The Labute approximate surface area is 125 Å². The van der Waals surface area contributed by atoms with Gasteiger partial charge in [-0.25, -0.2) is 0 Å². The normalized spacial score (nSPS) is 12.4. The van der Waals surface area contributed by atoms with E-state index in [-0.39, 0.29) is 5.78 Å². The molecule has 0 amide bonds. The van der Waals surface area contributed by atoms with Crippen LogP contribution < -0.4 is 0 Å². The Morgan fingerprint density at radius 1 is 1.20 bits per heavy atom. The van der Waals surface area contributed by atoms with Gasteiger partial charge >= 0.3 is 5.97 Å². The molecule has 1 aromatic carbocycles. The first-order chi connectivity index (χ1) is 9.38. The maximum atomic E-state index is 11.9. The average Bonchev–Trinajstić information content (AvgIpc) is 2.36. The molecule has 1 unspecified atom stereocenters. The van der Waals surface area contributed by atoms with Gasteiger partial charge in [0.15, 0.2) is 0 Å². The van der Waals surface area contributed by atoms with Gasteiger partial charge in [-0.05, 0) is 36.5 Å². The Morgan fingerprint density at radius 3 is 2.30 bits per heavy atom. The minimum atomic E-state index is -0.807. The fraction of sp³-hybridized carbons (Fsp3) is 0.500. The Morgan fingerprint density at radius 2 is 1.80 bits per heavy atom. The molecule has 20 heavy (non-hydrogen) atoms. The molecule has 0 heterocycles. The predicted octanol–water partition coefficient (Wildman–Crippen LogP) is 3.98. The van der Waals surface area contributed by atoms with E-state index >= 15 is 0 Å². The zero-order chi connectivity index (χ0) is 15.1. The number of aliphatic carboxylic acids is 1. The van der Waals surface area contributed by atoms with Crippen LogP contribution in [0.5, 0.6) is 0 Å². The summed E-state index contributed by atoms with van der Waals surface area (Å²) in [5, 5.41) is 9.77. The minimum absolute atomic E-state index is 0.0716. The SMILES string of the molecule is CC(C)CC(CCC(=O)Cc1ccc(Cl)cc1)C(=O)O. The smallest absolute Gasteiger partial charge is 0.306 e. The third kappa shape index (κ3) is 6.20. The van der Waals surface area contributed by atoms with Crippen molar-refractivity contribution in [3.63, 3.8) is 0 Å². The van der Waals surface area contributed by atoms with Gasteiger partial charge in [-0.15, -0.1) is 0 Å². The first-order valence-corrected chi connectivity index (χ1v) is 7.25. The number of carboxylic acid groups (broad SMARTS) is 1. The van der Waals surface area contributed by atoms with Crippen molar-refractivity contribution in [1.82, 2.24) is 0 Å². The molecule has 0 aliphatic carbocycles. The van der Waals surface area contributed by atoms with Crippen LogP contribution in [0.2, 0.25) is 5.02 Å². The van der Waals surface area contributed by atoms with Crippen molar-refractivity contribution in [2.75, 3.05) is 0 Å². The van der Waals surface area contributed by atoms with Crippen LogP contribution in [-0.4, -0.2) is 16.9 Å². The van der Waals surface area contributed by atoms with Crippen LogP contribution in [0, 0.1) is 11.8 Å². The van der Waals surface area contributed by atoms with Gasteiger partial charge in [0.05, 0.1) is 5.92 Å². The van der Waals surface area contributed by atoms with Crippen molar-refractivity contribution >= 4 is 23.4 Å². The van der Waals surface area contributed by atoms with Crippen molar-refractivity contribution in [3.05, 3.63) is 34.9 Å². The molecule has 0 saturated carbocycles. The molecule has 0 spiro atoms. The lowest BCUT2D eigenvalue weighted by atomic mass is 9.91. The van der Waals surface area contributed by atoms with E-state index in [0.717, 1.165) is 5.56 Å². The highest BCUT2D eigenvalue weighted by Crippen LogP contribution is 2.18. The van der Waals surface area contributed by atoms with Crippen LogP contribution >= 0.6 is 11.6 Å². The molecule has 3 nitrogen and oxygen atoms in total. The number of hydrogen-bond donors (Lipinski definition) is 1. The summed E-state index contributed by atoms with van der Waals surface area (Å²) in [4.78, 5) is 23.0. The van der Waals surface area contributed by atoms with Gasteiger partial charge in [0, 0.05) is 17.9 Å². The minimum Gasteiger partial charge on any atom is -0.481 e. The van der Waals surface area contributed by atoms with Crippen molar-refractivity contribution in [1.29, 1.82) is 0 Å². The number of halogens is 1. The summed E-state index contributed by atoms with van der Waals surface area (Å²) >= 11 is 5.78. The lowest BCUT2D eigenvalue weighted by Crippen LogP contribution is -2.17. The Hall–Kier alpha value is -1.35. The second-order valence-corrected chi connectivity index (χ2v) is 5.98. The molecule has 0 aliphatic heterocycles. The van der Waals surface area contributed by atoms with Crippen LogP contribution in [0.25, 0.3) is 0 Å². The van der Waals surface area contributed by atoms with E-state index in [0.29, 0.717) is 36.6 Å². The predicted molar refractivity (Wildman–Crippen MR) is 80.0 cm³/mol. The highest BCUT2D eigenvalue weighted by atomic mass is 35.5. The monoisotopic (exact) mass is 296 g/mol. The van der Waals surface area contributed by atoms with Gasteiger partial charge in [0.25, 0.3) is 0 Å². The summed E-state index contributed by atoms with van der Waals surface area (Å²) in [6.07, 6.45) is 1.68. The van der Waals surface area contributed by atoms with Gasteiger partial charge in [0.1, 0.15) is 5.78 Å².